The third-order valence-corrected chi connectivity index (χ3v) is 1.73. The molecule has 0 bridgehead atoms. The van der Waals surface area contributed by atoms with E-state index in [0.717, 1.165) is 5.56 Å². The third kappa shape index (κ3) is 3.74. The number of rotatable bonds is 4. The van der Waals surface area contributed by atoms with Crippen molar-refractivity contribution in [2.45, 2.75) is 6.61 Å². The van der Waals surface area contributed by atoms with E-state index >= 15 is 0 Å². The number of carbonyl (C=O) groups excluding carboxylic acids is 1. The quantitative estimate of drug-likeness (QED) is 0.607. The van der Waals surface area contributed by atoms with Crippen LogP contribution in [-0.4, -0.2) is 12.6 Å². The fraction of sp³-hybridized carbons (Fsp3) is 0.222. The summed E-state index contributed by atoms with van der Waals surface area (Å²) in [5.41, 5.74) is 0.822. The van der Waals surface area contributed by atoms with Crippen LogP contribution in [0.3, 0.4) is 0 Å². The predicted octanol–water partition coefficient (Wildman–Crippen LogP) is 1.27. The lowest BCUT2D eigenvalue weighted by molar-refractivity contribution is -0.150. The Morgan fingerprint density at radius 1 is 1.50 bits per heavy atom. The number of ether oxygens (including phenoxy) is 1. The molecule has 0 fully saturated rings. The van der Waals surface area contributed by atoms with Crippen LogP contribution in [-0.2, 0) is 21.0 Å². The van der Waals surface area contributed by atoms with E-state index in [-0.39, 0.29) is 13.2 Å². The Kier molecular flexibility index (Phi) is 4.39. The van der Waals surface area contributed by atoms with E-state index in [2.05, 4.69) is 4.84 Å². The van der Waals surface area contributed by atoms with Gasteiger partial charge in [-0.25, -0.2) is 10.7 Å². The highest BCUT2D eigenvalue weighted by Crippen LogP contribution is 2.11. The molecule has 4 nitrogen and oxygen atoms in total. The summed E-state index contributed by atoms with van der Waals surface area (Å²) in [6, 6.07) is 7.06. The molecule has 1 aromatic carbocycles. The molecule has 0 aliphatic heterocycles. The smallest absolute Gasteiger partial charge is 0.334 e. The minimum Gasteiger partial charge on any atom is -0.459 e. The number of esters is 1. The molecule has 0 atom stereocenters. The molecule has 1 rings (SSSR count). The van der Waals surface area contributed by atoms with E-state index in [1.54, 1.807) is 18.2 Å². The minimum absolute atomic E-state index is 0.169. The summed E-state index contributed by atoms with van der Waals surface area (Å²) < 4.78 is 4.82. The summed E-state index contributed by atoms with van der Waals surface area (Å²) in [6.07, 6.45) is 0. The van der Waals surface area contributed by atoms with Crippen molar-refractivity contribution in [2.24, 2.45) is 5.90 Å². The maximum absolute atomic E-state index is 10.8. The zero-order chi connectivity index (χ0) is 10.4. The Bertz CT molecular complexity index is 317. The summed E-state index contributed by atoms with van der Waals surface area (Å²) in [5, 5.41) is 0.605. The van der Waals surface area contributed by atoms with Crippen LogP contribution in [0.4, 0.5) is 0 Å². The van der Waals surface area contributed by atoms with E-state index in [1.165, 1.54) is 0 Å². The van der Waals surface area contributed by atoms with Crippen molar-refractivity contribution in [3.05, 3.63) is 34.9 Å². The van der Waals surface area contributed by atoms with Crippen LogP contribution in [0.15, 0.2) is 24.3 Å². The van der Waals surface area contributed by atoms with E-state index in [9.17, 15) is 4.79 Å². The summed E-state index contributed by atoms with van der Waals surface area (Å²) in [7, 11) is 0. The second-order valence-electron chi connectivity index (χ2n) is 2.60. The van der Waals surface area contributed by atoms with Gasteiger partial charge in [-0.05, 0) is 17.7 Å². The minimum atomic E-state index is -0.507. The highest BCUT2D eigenvalue weighted by atomic mass is 35.5. The number of hydrogen-bond acceptors (Lipinski definition) is 4. The average Bonchev–Trinajstić information content (AvgIpc) is 2.15. The molecule has 0 radical (unpaired) electrons. The first-order valence-corrected chi connectivity index (χ1v) is 4.32. The Morgan fingerprint density at radius 2 is 2.29 bits per heavy atom. The van der Waals surface area contributed by atoms with Crippen molar-refractivity contribution < 1.29 is 14.4 Å². The number of hydrogen-bond donors (Lipinski definition) is 1. The van der Waals surface area contributed by atoms with Gasteiger partial charge < -0.3 is 4.74 Å². The molecule has 0 saturated carbocycles. The van der Waals surface area contributed by atoms with Crippen molar-refractivity contribution in [3.8, 4) is 0 Å². The molecule has 0 aliphatic rings. The van der Waals surface area contributed by atoms with Crippen molar-refractivity contribution in [1.82, 2.24) is 0 Å². The Hall–Kier alpha value is -1.10. The van der Waals surface area contributed by atoms with E-state index < -0.39 is 5.97 Å². The van der Waals surface area contributed by atoms with Crippen LogP contribution in [0.5, 0.6) is 0 Å². The topological polar surface area (TPSA) is 61.5 Å². The number of carbonyl (C=O) groups is 1. The van der Waals surface area contributed by atoms with Gasteiger partial charge in [0.2, 0.25) is 0 Å². The van der Waals surface area contributed by atoms with Crippen LogP contribution < -0.4 is 5.90 Å². The van der Waals surface area contributed by atoms with E-state index in [0.29, 0.717) is 5.02 Å². The molecule has 0 heterocycles. The van der Waals surface area contributed by atoms with Crippen molar-refractivity contribution in [1.29, 1.82) is 0 Å². The second kappa shape index (κ2) is 5.59. The lowest BCUT2D eigenvalue weighted by atomic mass is 10.2. The number of nitrogens with two attached hydrogens (primary N) is 1. The maximum atomic E-state index is 10.8. The van der Waals surface area contributed by atoms with Gasteiger partial charge in [0.15, 0.2) is 6.61 Å². The zero-order valence-electron chi connectivity index (χ0n) is 7.40. The van der Waals surface area contributed by atoms with Crippen LogP contribution >= 0.6 is 11.6 Å². The standard InChI is InChI=1S/C9H10ClNO3/c10-8-3-1-2-7(4-8)5-13-9(12)6-14-11/h1-4H,5-6,11H2. The first-order valence-electron chi connectivity index (χ1n) is 3.94. The number of halogens is 1. The molecule has 1 aromatic rings. The van der Waals surface area contributed by atoms with Gasteiger partial charge in [-0.2, -0.15) is 0 Å². The summed E-state index contributed by atoms with van der Waals surface area (Å²) in [4.78, 5) is 15.0. The van der Waals surface area contributed by atoms with Crippen molar-refractivity contribution in [3.63, 3.8) is 0 Å². The third-order valence-electron chi connectivity index (χ3n) is 1.49. The van der Waals surface area contributed by atoms with Crippen LogP contribution in [0, 0.1) is 0 Å². The summed E-state index contributed by atoms with van der Waals surface area (Å²) in [6.45, 7) is -0.0800. The SMILES string of the molecule is NOCC(=O)OCc1cccc(Cl)c1. The molecule has 5 heteroatoms. The van der Waals surface area contributed by atoms with Crippen LogP contribution in [0.25, 0.3) is 0 Å². The first kappa shape index (κ1) is 11.0. The molecule has 2 N–H and O–H groups in total. The fourth-order valence-corrected chi connectivity index (χ4v) is 1.11. The predicted molar refractivity (Wildman–Crippen MR) is 51.4 cm³/mol. The maximum Gasteiger partial charge on any atom is 0.334 e. The zero-order valence-corrected chi connectivity index (χ0v) is 8.16. The van der Waals surface area contributed by atoms with Crippen molar-refractivity contribution >= 4 is 17.6 Å². The summed E-state index contributed by atoms with van der Waals surface area (Å²) in [5.74, 6) is 4.19. The van der Waals surface area contributed by atoms with Gasteiger partial charge in [0.1, 0.15) is 6.61 Å². The largest absolute Gasteiger partial charge is 0.459 e. The summed E-state index contributed by atoms with van der Waals surface area (Å²) >= 11 is 5.74. The van der Waals surface area contributed by atoms with Gasteiger partial charge in [-0.3, -0.25) is 4.84 Å². The lowest BCUT2D eigenvalue weighted by Gasteiger charge is -2.03. The molecule has 0 aromatic heterocycles. The molecular weight excluding hydrogens is 206 g/mol. The van der Waals surface area contributed by atoms with Gasteiger partial charge in [-0.15, -0.1) is 0 Å². The van der Waals surface area contributed by atoms with E-state index in [4.69, 9.17) is 22.2 Å². The van der Waals surface area contributed by atoms with Gasteiger partial charge in [-0.1, -0.05) is 23.7 Å². The average molecular weight is 216 g/mol. The van der Waals surface area contributed by atoms with Gasteiger partial charge in [0.25, 0.3) is 0 Å². The van der Waals surface area contributed by atoms with Gasteiger partial charge >= 0.3 is 5.97 Å². The first-order chi connectivity index (χ1) is 6.72. The van der Waals surface area contributed by atoms with Crippen LogP contribution in [0.1, 0.15) is 5.56 Å². The lowest BCUT2D eigenvalue weighted by Crippen LogP contribution is -2.15. The molecule has 0 saturated heterocycles. The normalized spacial score (nSPS) is 9.86. The van der Waals surface area contributed by atoms with Crippen LogP contribution in [0.2, 0.25) is 5.02 Å². The fourth-order valence-electron chi connectivity index (χ4n) is 0.900. The molecule has 76 valence electrons. The number of benzene rings is 1. The Morgan fingerprint density at radius 3 is 2.93 bits per heavy atom. The molecule has 0 spiro atoms. The Balaban J connectivity index is 2.41. The second-order valence-corrected chi connectivity index (χ2v) is 3.04. The van der Waals surface area contributed by atoms with Crippen molar-refractivity contribution in [2.75, 3.05) is 6.61 Å². The highest BCUT2D eigenvalue weighted by molar-refractivity contribution is 6.30. The molecule has 0 amide bonds. The molecule has 14 heavy (non-hydrogen) atoms. The van der Waals surface area contributed by atoms with Gasteiger partial charge in [0.05, 0.1) is 0 Å². The monoisotopic (exact) mass is 215 g/mol. The molecule has 0 unspecified atom stereocenters. The Labute approximate surface area is 86.5 Å². The highest BCUT2D eigenvalue weighted by Gasteiger charge is 2.02. The molecule has 0 aliphatic carbocycles. The molecular formula is C9H10ClNO3. The van der Waals surface area contributed by atoms with Gasteiger partial charge in [0, 0.05) is 5.02 Å². The van der Waals surface area contributed by atoms with E-state index in [1.807, 2.05) is 6.07 Å².